The number of aryl methyl sites for hydroxylation is 2. The van der Waals surface area contributed by atoms with Gasteiger partial charge in [-0.2, -0.15) is 0 Å². The zero-order chi connectivity index (χ0) is 15.3. The number of nitrogens with one attached hydrogen (secondary N) is 2. The highest BCUT2D eigenvalue weighted by Gasteiger charge is 2.20. The third-order valence-electron chi connectivity index (χ3n) is 2.57. The van der Waals surface area contributed by atoms with E-state index in [0.29, 0.717) is 5.56 Å². The fourth-order valence-electron chi connectivity index (χ4n) is 1.65. The largest absolute Gasteiger partial charge is 0.449 e. The Hall–Kier alpha value is -2.37. The molecule has 0 fully saturated rings. The first-order chi connectivity index (χ1) is 9.33. The summed E-state index contributed by atoms with van der Waals surface area (Å²) >= 11 is 0. The summed E-state index contributed by atoms with van der Waals surface area (Å²) < 4.78 is 5.02. The second kappa shape index (κ2) is 6.70. The van der Waals surface area contributed by atoms with E-state index in [4.69, 9.17) is 4.74 Å². The number of hydrogen-bond donors (Lipinski definition) is 2. The molecule has 1 unspecified atom stereocenters. The summed E-state index contributed by atoms with van der Waals surface area (Å²) in [5.41, 5.74) is 2.24. The number of ether oxygens (including phenoxy) is 1. The molecule has 0 saturated carbocycles. The van der Waals surface area contributed by atoms with E-state index in [1.165, 1.54) is 14.0 Å². The maximum absolute atomic E-state index is 11.9. The lowest BCUT2D eigenvalue weighted by Crippen LogP contribution is -2.43. The highest BCUT2D eigenvalue weighted by molar-refractivity contribution is 5.98. The van der Waals surface area contributed by atoms with Gasteiger partial charge >= 0.3 is 12.0 Å². The first kappa shape index (κ1) is 15.7. The van der Waals surface area contributed by atoms with E-state index < -0.39 is 24.0 Å². The Morgan fingerprint density at radius 2 is 1.65 bits per heavy atom. The predicted molar refractivity (Wildman–Crippen MR) is 73.4 cm³/mol. The monoisotopic (exact) mass is 278 g/mol. The summed E-state index contributed by atoms with van der Waals surface area (Å²) in [6.45, 7) is 5.13. The fraction of sp³-hybridized carbons (Fsp3) is 0.357. The molecule has 0 aliphatic rings. The topological polar surface area (TPSA) is 84.5 Å². The van der Waals surface area contributed by atoms with Gasteiger partial charge in [-0.25, -0.2) is 9.59 Å². The Morgan fingerprint density at radius 1 is 1.10 bits per heavy atom. The summed E-state index contributed by atoms with van der Waals surface area (Å²) in [6, 6.07) is 4.64. The molecule has 0 aliphatic carbocycles. The third-order valence-corrected chi connectivity index (χ3v) is 2.57. The molecule has 20 heavy (non-hydrogen) atoms. The molecule has 3 amide bonds. The normalized spacial score (nSPS) is 11.4. The number of benzene rings is 1. The number of carbonyl (C=O) groups is 3. The number of amides is 3. The molecule has 0 aliphatic heterocycles. The first-order valence-electron chi connectivity index (χ1n) is 6.15. The summed E-state index contributed by atoms with van der Waals surface area (Å²) in [7, 11) is 1.38. The number of carbonyl (C=O) groups excluding carboxylic acids is 3. The minimum absolute atomic E-state index is 0.377. The Morgan fingerprint density at radius 3 is 2.15 bits per heavy atom. The smallest absolute Gasteiger partial charge is 0.338 e. The van der Waals surface area contributed by atoms with Gasteiger partial charge in [-0.15, -0.1) is 0 Å². The van der Waals surface area contributed by atoms with Gasteiger partial charge in [-0.05, 0) is 32.9 Å². The van der Waals surface area contributed by atoms with E-state index in [2.05, 4.69) is 5.32 Å². The summed E-state index contributed by atoms with van der Waals surface area (Å²) in [5.74, 6) is -1.28. The molecule has 0 aromatic heterocycles. The van der Waals surface area contributed by atoms with E-state index in [1.807, 2.05) is 25.2 Å². The van der Waals surface area contributed by atoms with Crippen molar-refractivity contribution in [1.29, 1.82) is 0 Å². The second-order valence-electron chi connectivity index (χ2n) is 4.49. The summed E-state index contributed by atoms with van der Waals surface area (Å²) in [5, 5.41) is 4.28. The second-order valence-corrected chi connectivity index (χ2v) is 4.49. The highest BCUT2D eigenvalue weighted by atomic mass is 16.5. The van der Waals surface area contributed by atoms with Crippen LogP contribution >= 0.6 is 0 Å². The van der Waals surface area contributed by atoms with Crippen molar-refractivity contribution in [2.24, 2.45) is 0 Å². The fourth-order valence-corrected chi connectivity index (χ4v) is 1.65. The molecule has 0 saturated heterocycles. The quantitative estimate of drug-likeness (QED) is 0.816. The Bertz CT molecular complexity index is 520. The van der Waals surface area contributed by atoms with Gasteiger partial charge in [0.05, 0.1) is 5.56 Å². The van der Waals surface area contributed by atoms with Crippen LogP contribution in [0.2, 0.25) is 0 Å². The van der Waals surface area contributed by atoms with E-state index in [9.17, 15) is 14.4 Å². The number of imide groups is 1. The zero-order valence-corrected chi connectivity index (χ0v) is 11.9. The molecule has 2 N–H and O–H groups in total. The molecule has 0 radical (unpaired) electrons. The Balaban J connectivity index is 2.70. The molecule has 0 bridgehead atoms. The Kier molecular flexibility index (Phi) is 5.25. The molecule has 1 aromatic rings. The van der Waals surface area contributed by atoms with Crippen LogP contribution in [0.25, 0.3) is 0 Å². The minimum Gasteiger partial charge on any atom is -0.449 e. The highest BCUT2D eigenvalue weighted by Crippen LogP contribution is 2.11. The van der Waals surface area contributed by atoms with Gasteiger partial charge in [0.25, 0.3) is 5.91 Å². The van der Waals surface area contributed by atoms with Crippen molar-refractivity contribution in [2.45, 2.75) is 26.9 Å². The maximum Gasteiger partial charge on any atom is 0.338 e. The Labute approximate surface area is 117 Å². The zero-order valence-electron chi connectivity index (χ0n) is 11.9. The van der Waals surface area contributed by atoms with Gasteiger partial charge in [0.1, 0.15) is 0 Å². The van der Waals surface area contributed by atoms with Crippen LogP contribution in [-0.2, 0) is 9.53 Å². The molecule has 0 spiro atoms. The van der Waals surface area contributed by atoms with Crippen molar-refractivity contribution in [2.75, 3.05) is 7.05 Å². The van der Waals surface area contributed by atoms with E-state index in [1.54, 1.807) is 12.1 Å². The maximum atomic E-state index is 11.9. The third kappa shape index (κ3) is 4.38. The number of urea groups is 1. The van der Waals surface area contributed by atoms with Crippen LogP contribution < -0.4 is 10.6 Å². The van der Waals surface area contributed by atoms with Gasteiger partial charge in [-0.1, -0.05) is 17.2 Å². The molecule has 6 heteroatoms. The lowest BCUT2D eigenvalue weighted by Gasteiger charge is -2.13. The van der Waals surface area contributed by atoms with E-state index in [0.717, 1.165) is 11.1 Å². The van der Waals surface area contributed by atoms with Gasteiger partial charge < -0.3 is 10.1 Å². The van der Waals surface area contributed by atoms with Gasteiger partial charge in [0.15, 0.2) is 6.10 Å². The summed E-state index contributed by atoms with van der Waals surface area (Å²) in [4.78, 5) is 34.5. The number of esters is 1. The van der Waals surface area contributed by atoms with E-state index in [-0.39, 0.29) is 0 Å². The average Bonchev–Trinajstić information content (AvgIpc) is 2.37. The molecule has 1 aromatic carbocycles. The van der Waals surface area contributed by atoms with Crippen LogP contribution in [0.3, 0.4) is 0 Å². The van der Waals surface area contributed by atoms with Crippen LogP contribution in [0.15, 0.2) is 18.2 Å². The predicted octanol–water partition coefficient (Wildman–Crippen LogP) is 1.30. The van der Waals surface area contributed by atoms with Crippen LogP contribution in [0.4, 0.5) is 4.79 Å². The molecule has 1 rings (SSSR count). The standard InChI is InChI=1S/C14H18N2O4/c1-8-5-9(2)7-11(6-8)13(18)20-10(3)12(17)16-14(19)15-4/h5-7,10H,1-4H3,(H2,15,16,17,19). The van der Waals surface area contributed by atoms with Crippen molar-refractivity contribution < 1.29 is 19.1 Å². The SMILES string of the molecule is CNC(=O)NC(=O)C(C)OC(=O)c1cc(C)cc(C)c1. The van der Waals surface area contributed by atoms with Gasteiger partial charge in [0.2, 0.25) is 0 Å². The van der Waals surface area contributed by atoms with Crippen LogP contribution in [0.5, 0.6) is 0 Å². The molecule has 108 valence electrons. The van der Waals surface area contributed by atoms with Crippen LogP contribution in [-0.4, -0.2) is 31.1 Å². The molecule has 6 nitrogen and oxygen atoms in total. The lowest BCUT2D eigenvalue weighted by molar-refractivity contribution is -0.127. The van der Waals surface area contributed by atoms with Crippen LogP contribution in [0.1, 0.15) is 28.4 Å². The molecule has 0 heterocycles. The first-order valence-corrected chi connectivity index (χ1v) is 6.15. The van der Waals surface area contributed by atoms with Crippen molar-refractivity contribution in [3.05, 3.63) is 34.9 Å². The molecule has 1 atom stereocenters. The molecular formula is C14H18N2O4. The van der Waals surface area contributed by atoms with Crippen LogP contribution in [0, 0.1) is 13.8 Å². The van der Waals surface area contributed by atoms with Crippen molar-refractivity contribution in [3.63, 3.8) is 0 Å². The number of rotatable bonds is 3. The minimum atomic E-state index is -1.05. The van der Waals surface area contributed by atoms with Crippen molar-refractivity contribution >= 4 is 17.9 Å². The number of hydrogen-bond acceptors (Lipinski definition) is 4. The average molecular weight is 278 g/mol. The van der Waals surface area contributed by atoms with Gasteiger partial charge in [0, 0.05) is 7.05 Å². The van der Waals surface area contributed by atoms with E-state index >= 15 is 0 Å². The lowest BCUT2D eigenvalue weighted by atomic mass is 10.1. The van der Waals surface area contributed by atoms with Gasteiger partial charge in [-0.3, -0.25) is 10.1 Å². The van der Waals surface area contributed by atoms with Crippen molar-refractivity contribution in [1.82, 2.24) is 10.6 Å². The summed E-state index contributed by atoms with van der Waals surface area (Å²) in [6.07, 6.45) is -1.05. The van der Waals surface area contributed by atoms with Crippen molar-refractivity contribution in [3.8, 4) is 0 Å². The molecular weight excluding hydrogens is 260 g/mol.